The maximum absolute atomic E-state index is 5.63. The van der Waals surface area contributed by atoms with Crippen LogP contribution in [0.1, 0.15) is 57.8 Å². The van der Waals surface area contributed by atoms with E-state index in [9.17, 15) is 0 Å². The largest absolute Gasteiger partial charge is 0.381 e. The van der Waals surface area contributed by atoms with Crippen LogP contribution in [0, 0.1) is 11.8 Å². The van der Waals surface area contributed by atoms with Crippen LogP contribution in [0.5, 0.6) is 0 Å². The lowest BCUT2D eigenvalue weighted by Crippen LogP contribution is -2.38. The summed E-state index contributed by atoms with van der Waals surface area (Å²) in [5.74, 6) is 2.79. The molecule has 2 aliphatic carbocycles. The van der Waals surface area contributed by atoms with Gasteiger partial charge in [-0.2, -0.15) is 0 Å². The second kappa shape index (κ2) is 10.0. The number of ether oxygens (including phenoxy) is 1. The predicted molar refractivity (Wildman–Crippen MR) is 88.7 cm³/mol. The Labute approximate surface area is 130 Å². The molecule has 0 atom stereocenters. The molecule has 0 aromatic heterocycles. The van der Waals surface area contributed by atoms with Crippen LogP contribution in [0.25, 0.3) is 0 Å². The van der Waals surface area contributed by atoms with E-state index in [0.717, 1.165) is 50.5 Å². The number of guanidine groups is 1. The molecule has 0 aromatic carbocycles. The van der Waals surface area contributed by atoms with Crippen molar-refractivity contribution in [3.8, 4) is 0 Å². The molecule has 0 spiro atoms. The predicted octanol–water partition coefficient (Wildman–Crippen LogP) is 2.94. The Morgan fingerprint density at radius 1 is 1.00 bits per heavy atom. The van der Waals surface area contributed by atoms with E-state index in [1.54, 1.807) is 0 Å². The summed E-state index contributed by atoms with van der Waals surface area (Å²) in [6, 6.07) is 0. The molecule has 0 unspecified atom stereocenters. The van der Waals surface area contributed by atoms with Crippen LogP contribution in [-0.2, 0) is 4.74 Å². The lowest BCUT2D eigenvalue weighted by molar-refractivity contribution is 0.123. The third-order valence-corrected chi connectivity index (χ3v) is 4.59. The molecule has 122 valence electrons. The van der Waals surface area contributed by atoms with Gasteiger partial charge < -0.3 is 15.4 Å². The molecule has 0 heterocycles. The summed E-state index contributed by atoms with van der Waals surface area (Å²) in [5, 5.41) is 6.77. The Hall–Kier alpha value is -0.770. The van der Waals surface area contributed by atoms with Crippen molar-refractivity contribution in [3.63, 3.8) is 0 Å². The van der Waals surface area contributed by atoms with Crippen molar-refractivity contribution in [2.45, 2.75) is 57.8 Å². The van der Waals surface area contributed by atoms with Crippen molar-refractivity contribution in [2.24, 2.45) is 16.8 Å². The number of nitrogens with zero attached hydrogens (tertiary/aromatic N) is 1. The van der Waals surface area contributed by atoms with Crippen molar-refractivity contribution in [3.05, 3.63) is 0 Å². The van der Waals surface area contributed by atoms with Gasteiger partial charge in [-0.1, -0.05) is 25.7 Å². The number of aliphatic imine (C=N–C) groups is 1. The molecule has 4 heteroatoms. The first kappa shape index (κ1) is 16.6. The summed E-state index contributed by atoms with van der Waals surface area (Å²) in [6.45, 7) is 3.80. The molecule has 0 aliphatic heterocycles. The van der Waals surface area contributed by atoms with Crippen LogP contribution in [-0.4, -0.2) is 39.3 Å². The van der Waals surface area contributed by atoms with Crippen LogP contribution < -0.4 is 10.6 Å². The van der Waals surface area contributed by atoms with Gasteiger partial charge in [0, 0.05) is 33.4 Å². The molecule has 2 N–H and O–H groups in total. The summed E-state index contributed by atoms with van der Waals surface area (Å²) >= 11 is 0. The van der Waals surface area contributed by atoms with Gasteiger partial charge >= 0.3 is 0 Å². The molecule has 4 nitrogen and oxygen atoms in total. The average molecular weight is 295 g/mol. The Bertz CT molecular complexity index is 296. The van der Waals surface area contributed by atoms with Gasteiger partial charge in [-0.05, 0) is 43.9 Å². The Balaban J connectivity index is 1.39. The first-order valence-corrected chi connectivity index (χ1v) is 8.90. The number of rotatable bonds is 10. The highest BCUT2D eigenvalue weighted by Gasteiger charge is 2.20. The van der Waals surface area contributed by atoms with Crippen LogP contribution in [0.3, 0.4) is 0 Å². The fourth-order valence-corrected chi connectivity index (χ4v) is 3.03. The van der Waals surface area contributed by atoms with Gasteiger partial charge in [0.2, 0.25) is 0 Å². The van der Waals surface area contributed by atoms with Gasteiger partial charge in [0.05, 0.1) is 0 Å². The molecule has 2 rings (SSSR count). The smallest absolute Gasteiger partial charge is 0.190 e. The minimum atomic E-state index is 0.863. The standard InChI is InChI=1S/C17H33N3O/c1-18-17(19-11-4-8-15-6-2-3-7-15)20-12-5-13-21-14-16-9-10-16/h15-16H,2-14H2,1H3,(H2,18,19,20). The Morgan fingerprint density at radius 2 is 1.71 bits per heavy atom. The summed E-state index contributed by atoms with van der Waals surface area (Å²) in [5.41, 5.74) is 0. The van der Waals surface area contributed by atoms with E-state index in [2.05, 4.69) is 15.6 Å². The van der Waals surface area contributed by atoms with Crippen LogP contribution in [0.2, 0.25) is 0 Å². The minimum Gasteiger partial charge on any atom is -0.381 e. The van der Waals surface area contributed by atoms with Gasteiger partial charge in [-0.25, -0.2) is 0 Å². The third kappa shape index (κ3) is 7.70. The van der Waals surface area contributed by atoms with Crippen molar-refractivity contribution < 1.29 is 4.74 Å². The highest BCUT2D eigenvalue weighted by atomic mass is 16.5. The van der Waals surface area contributed by atoms with E-state index in [1.165, 1.54) is 51.4 Å². The van der Waals surface area contributed by atoms with E-state index >= 15 is 0 Å². The molecular weight excluding hydrogens is 262 g/mol. The normalized spacial score (nSPS) is 20.0. The van der Waals surface area contributed by atoms with E-state index in [-0.39, 0.29) is 0 Å². The van der Waals surface area contributed by atoms with Crippen molar-refractivity contribution in [2.75, 3.05) is 33.4 Å². The second-order valence-corrected chi connectivity index (χ2v) is 6.59. The molecule has 0 radical (unpaired) electrons. The molecule has 2 fully saturated rings. The number of hydrogen-bond acceptors (Lipinski definition) is 2. The first-order chi connectivity index (χ1) is 10.4. The fraction of sp³-hybridized carbons (Fsp3) is 0.941. The summed E-state index contributed by atoms with van der Waals surface area (Å²) in [7, 11) is 1.84. The zero-order valence-corrected chi connectivity index (χ0v) is 13.7. The average Bonchev–Trinajstić information content (AvgIpc) is 3.18. The van der Waals surface area contributed by atoms with Gasteiger partial charge in [0.1, 0.15) is 0 Å². The van der Waals surface area contributed by atoms with Crippen molar-refractivity contribution in [1.82, 2.24) is 10.6 Å². The summed E-state index contributed by atoms with van der Waals surface area (Å²) < 4.78 is 5.63. The lowest BCUT2D eigenvalue weighted by Gasteiger charge is -2.13. The van der Waals surface area contributed by atoms with Crippen LogP contribution in [0.4, 0.5) is 0 Å². The first-order valence-electron chi connectivity index (χ1n) is 8.90. The van der Waals surface area contributed by atoms with Crippen molar-refractivity contribution >= 4 is 5.96 Å². The molecule has 0 saturated heterocycles. The fourth-order valence-electron chi connectivity index (χ4n) is 3.03. The summed E-state index contributed by atoms with van der Waals surface area (Å²) in [6.07, 6.45) is 12.2. The molecule has 0 bridgehead atoms. The number of hydrogen-bond donors (Lipinski definition) is 2. The van der Waals surface area contributed by atoms with Crippen LogP contribution in [0.15, 0.2) is 4.99 Å². The number of nitrogens with one attached hydrogen (secondary N) is 2. The molecule has 2 aliphatic rings. The maximum atomic E-state index is 5.63. The van der Waals surface area contributed by atoms with Crippen LogP contribution >= 0.6 is 0 Å². The zero-order chi connectivity index (χ0) is 14.8. The SMILES string of the molecule is CN=C(NCCCOCC1CC1)NCCCC1CCCC1. The van der Waals surface area contributed by atoms with Gasteiger partial charge in [0.25, 0.3) is 0 Å². The maximum Gasteiger partial charge on any atom is 0.190 e. The van der Waals surface area contributed by atoms with E-state index in [1.807, 2.05) is 7.05 Å². The quantitative estimate of drug-likeness (QED) is 0.370. The monoisotopic (exact) mass is 295 g/mol. The van der Waals surface area contributed by atoms with Gasteiger partial charge in [0.15, 0.2) is 5.96 Å². The third-order valence-electron chi connectivity index (χ3n) is 4.59. The highest BCUT2D eigenvalue weighted by molar-refractivity contribution is 5.79. The van der Waals surface area contributed by atoms with E-state index in [4.69, 9.17) is 4.74 Å². The molecule has 21 heavy (non-hydrogen) atoms. The zero-order valence-electron chi connectivity index (χ0n) is 13.7. The van der Waals surface area contributed by atoms with E-state index in [0.29, 0.717) is 0 Å². The topological polar surface area (TPSA) is 45.7 Å². The molecule has 0 amide bonds. The molecular formula is C17H33N3O. The second-order valence-electron chi connectivity index (χ2n) is 6.59. The molecule has 2 saturated carbocycles. The van der Waals surface area contributed by atoms with Gasteiger partial charge in [-0.3, -0.25) is 4.99 Å². The Morgan fingerprint density at radius 3 is 2.38 bits per heavy atom. The van der Waals surface area contributed by atoms with Crippen molar-refractivity contribution in [1.29, 1.82) is 0 Å². The summed E-state index contributed by atoms with van der Waals surface area (Å²) in [4.78, 5) is 4.27. The lowest BCUT2D eigenvalue weighted by atomic mass is 10.0. The minimum absolute atomic E-state index is 0.863. The Kier molecular flexibility index (Phi) is 7.94. The molecule has 0 aromatic rings. The highest BCUT2D eigenvalue weighted by Crippen LogP contribution is 2.29. The van der Waals surface area contributed by atoms with E-state index < -0.39 is 0 Å². The van der Waals surface area contributed by atoms with Gasteiger partial charge in [-0.15, -0.1) is 0 Å².